The van der Waals surface area contributed by atoms with Crippen LogP contribution in [-0.4, -0.2) is 30.1 Å². The number of nitrogens with one attached hydrogen (secondary N) is 1. The third-order valence-corrected chi connectivity index (χ3v) is 5.80. The molecule has 5 heteroatoms. The summed E-state index contributed by atoms with van der Waals surface area (Å²) in [5, 5.41) is 4.14. The summed E-state index contributed by atoms with van der Waals surface area (Å²) in [5.74, 6) is 0.584. The fourth-order valence-electron chi connectivity index (χ4n) is 3.43. The van der Waals surface area contributed by atoms with Gasteiger partial charge in [0.1, 0.15) is 0 Å². The zero-order valence-corrected chi connectivity index (χ0v) is 18.2. The molecule has 1 aliphatic heterocycles. The van der Waals surface area contributed by atoms with E-state index in [0.717, 1.165) is 42.5 Å². The molecule has 0 aliphatic carbocycles. The number of piperidine rings is 1. The molecule has 3 rings (SSSR count). The summed E-state index contributed by atoms with van der Waals surface area (Å²) in [6.07, 6.45) is 3.46. The Morgan fingerprint density at radius 1 is 1.14 bits per heavy atom. The molecule has 4 nitrogen and oxygen atoms in total. The lowest BCUT2D eigenvalue weighted by Gasteiger charge is -2.30. The van der Waals surface area contributed by atoms with Crippen LogP contribution < -0.4 is 5.43 Å². The van der Waals surface area contributed by atoms with Gasteiger partial charge in [-0.15, -0.1) is 0 Å². The highest BCUT2D eigenvalue weighted by Crippen LogP contribution is 2.20. The Kier molecular flexibility index (Phi) is 7.40. The van der Waals surface area contributed by atoms with Crippen molar-refractivity contribution in [2.45, 2.75) is 39.2 Å². The Morgan fingerprint density at radius 3 is 2.39 bits per heavy atom. The van der Waals surface area contributed by atoms with Gasteiger partial charge in [-0.25, -0.2) is 5.43 Å². The third-order valence-electron chi connectivity index (χ3n) is 5.27. The summed E-state index contributed by atoms with van der Waals surface area (Å²) in [4.78, 5) is 14.8. The van der Waals surface area contributed by atoms with Crippen LogP contribution in [0.25, 0.3) is 0 Å². The Balaban J connectivity index is 1.42. The van der Waals surface area contributed by atoms with Gasteiger partial charge in [0.2, 0.25) is 5.91 Å². The fraction of sp³-hybridized carbons (Fsp3) is 0.391. The maximum absolute atomic E-state index is 12.4. The Morgan fingerprint density at radius 2 is 1.79 bits per heavy atom. The molecule has 1 N–H and O–H groups in total. The van der Waals surface area contributed by atoms with Crippen LogP contribution in [0.3, 0.4) is 0 Å². The van der Waals surface area contributed by atoms with E-state index in [1.807, 2.05) is 12.1 Å². The van der Waals surface area contributed by atoms with Crippen LogP contribution in [0.15, 0.2) is 58.1 Å². The number of benzene rings is 2. The van der Waals surface area contributed by atoms with Crippen LogP contribution in [0, 0.1) is 5.92 Å². The van der Waals surface area contributed by atoms with E-state index in [9.17, 15) is 4.79 Å². The maximum atomic E-state index is 12.4. The van der Waals surface area contributed by atoms with E-state index in [0.29, 0.717) is 5.92 Å². The summed E-state index contributed by atoms with van der Waals surface area (Å²) in [6.45, 7) is 7.16. The highest BCUT2D eigenvalue weighted by atomic mass is 79.9. The van der Waals surface area contributed by atoms with Crippen molar-refractivity contribution in [1.82, 2.24) is 10.3 Å². The Hall–Kier alpha value is -1.98. The second-order valence-corrected chi connectivity index (χ2v) is 8.65. The molecule has 2 aromatic rings. The molecule has 0 aromatic heterocycles. The van der Waals surface area contributed by atoms with Gasteiger partial charge in [-0.2, -0.15) is 5.10 Å². The van der Waals surface area contributed by atoms with E-state index in [1.165, 1.54) is 11.1 Å². The molecule has 2 aromatic carbocycles. The van der Waals surface area contributed by atoms with Gasteiger partial charge in [0, 0.05) is 16.9 Å². The van der Waals surface area contributed by atoms with Gasteiger partial charge >= 0.3 is 0 Å². The number of amides is 1. The highest BCUT2D eigenvalue weighted by molar-refractivity contribution is 9.10. The molecule has 0 unspecified atom stereocenters. The van der Waals surface area contributed by atoms with Crippen molar-refractivity contribution in [2.24, 2.45) is 11.0 Å². The Bertz CT molecular complexity index is 792. The Labute approximate surface area is 176 Å². The number of hydrogen-bond acceptors (Lipinski definition) is 3. The number of hydrogen-bond donors (Lipinski definition) is 1. The fourth-order valence-corrected chi connectivity index (χ4v) is 3.69. The van der Waals surface area contributed by atoms with Crippen LogP contribution >= 0.6 is 15.9 Å². The first-order valence-electron chi connectivity index (χ1n) is 9.91. The summed E-state index contributed by atoms with van der Waals surface area (Å²) in [5.41, 5.74) is 6.32. The van der Waals surface area contributed by atoms with Crippen molar-refractivity contribution in [2.75, 3.05) is 13.1 Å². The van der Waals surface area contributed by atoms with Crippen molar-refractivity contribution < 1.29 is 4.79 Å². The van der Waals surface area contributed by atoms with Crippen LogP contribution in [0.4, 0.5) is 0 Å². The molecule has 28 heavy (non-hydrogen) atoms. The number of carbonyl (C=O) groups is 1. The van der Waals surface area contributed by atoms with E-state index < -0.39 is 0 Å². The van der Waals surface area contributed by atoms with Crippen molar-refractivity contribution in [3.8, 4) is 0 Å². The molecule has 1 amide bonds. The van der Waals surface area contributed by atoms with E-state index in [1.54, 1.807) is 6.21 Å². The first kappa shape index (κ1) is 20.7. The van der Waals surface area contributed by atoms with Crippen molar-refractivity contribution in [3.63, 3.8) is 0 Å². The van der Waals surface area contributed by atoms with Crippen LogP contribution in [0.5, 0.6) is 0 Å². The molecule has 1 aliphatic rings. The lowest BCUT2D eigenvalue weighted by Crippen LogP contribution is -2.39. The summed E-state index contributed by atoms with van der Waals surface area (Å²) in [6, 6.07) is 16.7. The molecular weight excluding hydrogens is 414 g/mol. The number of halogens is 1. The molecule has 0 bridgehead atoms. The van der Waals surface area contributed by atoms with E-state index >= 15 is 0 Å². The predicted molar refractivity (Wildman–Crippen MR) is 118 cm³/mol. The second-order valence-electron chi connectivity index (χ2n) is 7.73. The standard InChI is InChI=1S/C23H28BrN3O/c1-17(2)20-7-3-18(4-8-20)15-25-26-23(28)21-11-13-27(14-12-21)16-19-5-9-22(24)10-6-19/h3-10,15,17,21H,11-14,16H2,1-2H3,(H,26,28)/b25-15-. The smallest absolute Gasteiger partial charge is 0.243 e. The molecule has 148 valence electrons. The summed E-state index contributed by atoms with van der Waals surface area (Å²) in [7, 11) is 0. The topological polar surface area (TPSA) is 44.7 Å². The van der Waals surface area contributed by atoms with Gasteiger partial charge in [0.05, 0.1) is 6.21 Å². The summed E-state index contributed by atoms with van der Waals surface area (Å²) < 4.78 is 1.10. The molecule has 1 heterocycles. The number of nitrogens with zero attached hydrogens (tertiary/aromatic N) is 2. The maximum Gasteiger partial charge on any atom is 0.243 e. The molecule has 0 atom stereocenters. The minimum atomic E-state index is 0.0262. The van der Waals surface area contributed by atoms with Gasteiger partial charge in [0.15, 0.2) is 0 Å². The number of hydrazone groups is 1. The highest BCUT2D eigenvalue weighted by Gasteiger charge is 2.24. The number of carbonyl (C=O) groups excluding carboxylic acids is 1. The molecule has 0 saturated carbocycles. The first-order valence-corrected chi connectivity index (χ1v) is 10.7. The average Bonchev–Trinajstić information content (AvgIpc) is 2.70. The van der Waals surface area contributed by atoms with Gasteiger partial charge in [-0.05, 0) is 60.7 Å². The van der Waals surface area contributed by atoms with E-state index in [4.69, 9.17) is 0 Å². The lowest BCUT2D eigenvalue weighted by atomic mass is 9.96. The molecule has 1 fully saturated rings. The average molecular weight is 442 g/mol. The minimum Gasteiger partial charge on any atom is -0.299 e. The molecule has 0 spiro atoms. The first-order chi connectivity index (χ1) is 13.5. The second kappa shape index (κ2) is 9.99. The van der Waals surface area contributed by atoms with Gasteiger partial charge in [-0.3, -0.25) is 9.69 Å². The summed E-state index contributed by atoms with van der Waals surface area (Å²) >= 11 is 3.47. The lowest BCUT2D eigenvalue weighted by molar-refractivity contribution is -0.126. The van der Waals surface area contributed by atoms with Crippen molar-refractivity contribution in [1.29, 1.82) is 0 Å². The molecular formula is C23H28BrN3O. The van der Waals surface area contributed by atoms with E-state index in [2.05, 4.69) is 81.6 Å². The minimum absolute atomic E-state index is 0.0262. The number of rotatable bonds is 6. The zero-order valence-electron chi connectivity index (χ0n) is 16.6. The van der Waals surface area contributed by atoms with Crippen LogP contribution in [0.2, 0.25) is 0 Å². The molecule has 1 saturated heterocycles. The number of likely N-dealkylation sites (tertiary alicyclic amines) is 1. The predicted octanol–water partition coefficient (Wildman–Crippen LogP) is 4.93. The van der Waals surface area contributed by atoms with Gasteiger partial charge < -0.3 is 0 Å². The van der Waals surface area contributed by atoms with Crippen molar-refractivity contribution >= 4 is 28.1 Å². The monoisotopic (exact) mass is 441 g/mol. The largest absolute Gasteiger partial charge is 0.299 e. The van der Waals surface area contributed by atoms with Crippen LogP contribution in [-0.2, 0) is 11.3 Å². The quantitative estimate of drug-likeness (QED) is 0.509. The van der Waals surface area contributed by atoms with Crippen molar-refractivity contribution in [3.05, 3.63) is 69.7 Å². The van der Waals surface area contributed by atoms with E-state index in [-0.39, 0.29) is 11.8 Å². The zero-order chi connectivity index (χ0) is 19.9. The SMILES string of the molecule is CC(C)c1ccc(/C=N\NC(=O)C2CCN(Cc3ccc(Br)cc3)CC2)cc1. The van der Waals surface area contributed by atoms with Gasteiger partial charge in [0.25, 0.3) is 0 Å². The third kappa shape index (κ3) is 6.01. The van der Waals surface area contributed by atoms with Crippen LogP contribution in [0.1, 0.15) is 49.3 Å². The normalized spacial score (nSPS) is 16.0. The molecule has 0 radical (unpaired) electrons. The van der Waals surface area contributed by atoms with Gasteiger partial charge in [-0.1, -0.05) is 66.2 Å².